The van der Waals surface area contributed by atoms with E-state index in [1.54, 1.807) is 4.90 Å². The average Bonchev–Trinajstić information content (AvgIpc) is 3.64. The van der Waals surface area contributed by atoms with E-state index in [0.29, 0.717) is 0 Å². The number of carbonyl (C=O) groups excluding carboxylic acids is 1. The van der Waals surface area contributed by atoms with Gasteiger partial charge in [0, 0.05) is 57.9 Å². The number of fused-ring (bicyclic) bond motifs is 1. The van der Waals surface area contributed by atoms with E-state index in [-0.39, 0.29) is 50.6 Å². The first-order valence-electron chi connectivity index (χ1n) is 13.7. The van der Waals surface area contributed by atoms with Crippen LogP contribution in [0, 0.1) is 5.92 Å². The van der Waals surface area contributed by atoms with Crippen LogP contribution in [0.2, 0.25) is 0 Å². The molecule has 212 valence electrons. The maximum Gasteiger partial charge on any atom is 0.416 e. The number of hydrogen-bond donors (Lipinski definition) is 1. The number of alkyl halides is 5. The molecule has 0 bridgehead atoms. The SMILES string of the molecule is O=C(CNc1cccc2c1CN(CC1CC1)CC2)N(CCN1CCC(F)(F)C1)Cc1ccccc1C(F)(F)F. The van der Waals surface area contributed by atoms with Crippen LogP contribution in [0.4, 0.5) is 27.6 Å². The summed E-state index contributed by atoms with van der Waals surface area (Å²) < 4.78 is 68.3. The van der Waals surface area contributed by atoms with Gasteiger partial charge in [0.05, 0.1) is 18.7 Å². The predicted octanol–water partition coefficient (Wildman–Crippen LogP) is 5.26. The van der Waals surface area contributed by atoms with E-state index in [1.807, 2.05) is 12.1 Å². The number of nitrogens with one attached hydrogen (secondary N) is 1. The van der Waals surface area contributed by atoms with Gasteiger partial charge in [-0.25, -0.2) is 8.78 Å². The Morgan fingerprint density at radius 3 is 2.56 bits per heavy atom. The molecule has 1 saturated carbocycles. The Labute approximate surface area is 225 Å². The highest BCUT2D eigenvalue weighted by Gasteiger charge is 2.38. The number of anilines is 1. The van der Waals surface area contributed by atoms with Gasteiger partial charge in [0.25, 0.3) is 5.92 Å². The third-order valence-corrected chi connectivity index (χ3v) is 7.97. The minimum absolute atomic E-state index is 0.0158. The average molecular weight is 551 g/mol. The first-order chi connectivity index (χ1) is 18.6. The van der Waals surface area contributed by atoms with Crippen molar-refractivity contribution in [3.8, 4) is 0 Å². The summed E-state index contributed by atoms with van der Waals surface area (Å²) >= 11 is 0. The molecule has 5 nitrogen and oxygen atoms in total. The van der Waals surface area contributed by atoms with Gasteiger partial charge in [0.15, 0.2) is 0 Å². The molecule has 1 saturated heterocycles. The van der Waals surface area contributed by atoms with Crippen molar-refractivity contribution in [2.24, 2.45) is 5.92 Å². The monoisotopic (exact) mass is 550 g/mol. The number of benzene rings is 2. The minimum atomic E-state index is -4.56. The topological polar surface area (TPSA) is 38.8 Å². The fourth-order valence-electron chi connectivity index (χ4n) is 5.60. The number of hydrogen-bond acceptors (Lipinski definition) is 4. The zero-order valence-corrected chi connectivity index (χ0v) is 22.0. The van der Waals surface area contributed by atoms with Crippen LogP contribution < -0.4 is 5.32 Å². The molecule has 2 heterocycles. The van der Waals surface area contributed by atoms with Crippen molar-refractivity contribution in [2.75, 3.05) is 51.1 Å². The van der Waals surface area contributed by atoms with Crippen LogP contribution in [0.5, 0.6) is 0 Å². The highest BCUT2D eigenvalue weighted by molar-refractivity contribution is 5.81. The second-order valence-electron chi connectivity index (χ2n) is 11.1. The molecule has 1 aliphatic carbocycles. The largest absolute Gasteiger partial charge is 0.416 e. The fourth-order valence-corrected chi connectivity index (χ4v) is 5.60. The summed E-state index contributed by atoms with van der Waals surface area (Å²) in [7, 11) is 0. The Morgan fingerprint density at radius 2 is 1.85 bits per heavy atom. The first-order valence-corrected chi connectivity index (χ1v) is 13.7. The lowest BCUT2D eigenvalue weighted by molar-refractivity contribution is -0.139. The van der Waals surface area contributed by atoms with Crippen LogP contribution in [-0.2, 0) is 30.5 Å². The van der Waals surface area contributed by atoms with Gasteiger partial charge in [-0.05, 0) is 54.0 Å². The van der Waals surface area contributed by atoms with Crippen molar-refractivity contribution >= 4 is 11.6 Å². The van der Waals surface area contributed by atoms with Crippen molar-refractivity contribution in [1.29, 1.82) is 0 Å². The molecule has 1 N–H and O–H groups in total. The Balaban J connectivity index is 1.28. The van der Waals surface area contributed by atoms with Crippen molar-refractivity contribution in [1.82, 2.24) is 14.7 Å². The number of rotatable bonds is 10. The van der Waals surface area contributed by atoms with E-state index in [4.69, 9.17) is 0 Å². The molecule has 0 aromatic heterocycles. The van der Waals surface area contributed by atoms with Crippen molar-refractivity contribution in [2.45, 2.75) is 50.9 Å². The van der Waals surface area contributed by atoms with Gasteiger partial charge in [-0.15, -0.1) is 0 Å². The lowest BCUT2D eigenvalue weighted by Gasteiger charge is -2.31. The van der Waals surface area contributed by atoms with Crippen LogP contribution in [0.25, 0.3) is 0 Å². The highest BCUT2D eigenvalue weighted by atomic mass is 19.4. The fraction of sp³-hybridized carbons (Fsp3) is 0.552. The summed E-state index contributed by atoms with van der Waals surface area (Å²) in [6.07, 6.45) is -1.32. The van der Waals surface area contributed by atoms with E-state index >= 15 is 0 Å². The summed E-state index contributed by atoms with van der Waals surface area (Å²) in [6, 6.07) is 11.2. The van der Waals surface area contributed by atoms with E-state index in [9.17, 15) is 26.7 Å². The first kappa shape index (κ1) is 27.8. The predicted molar refractivity (Wildman–Crippen MR) is 140 cm³/mol. The van der Waals surface area contributed by atoms with Gasteiger partial charge in [-0.2, -0.15) is 13.2 Å². The van der Waals surface area contributed by atoms with Crippen molar-refractivity contribution in [3.05, 3.63) is 64.7 Å². The summed E-state index contributed by atoms with van der Waals surface area (Å²) in [5.74, 6) is -2.38. The van der Waals surface area contributed by atoms with Gasteiger partial charge < -0.3 is 10.2 Å². The van der Waals surface area contributed by atoms with Gasteiger partial charge in [0.1, 0.15) is 0 Å². The molecule has 0 unspecified atom stereocenters. The minimum Gasteiger partial charge on any atom is -0.376 e. The van der Waals surface area contributed by atoms with E-state index in [2.05, 4.69) is 16.3 Å². The lowest BCUT2D eigenvalue weighted by atomic mass is 9.97. The maximum absolute atomic E-state index is 13.7. The molecule has 2 fully saturated rings. The molecule has 1 amide bonds. The van der Waals surface area contributed by atoms with Crippen LogP contribution in [-0.4, -0.2) is 72.3 Å². The van der Waals surface area contributed by atoms with Gasteiger partial charge in [-0.3, -0.25) is 14.6 Å². The molecular weight excluding hydrogens is 515 g/mol. The van der Waals surface area contributed by atoms with Gasteiger partial charge in [-0.1, -0.05) is 30.3 Å². The molecule has 5 rings (SSSR count). The van der Waals surface area contributed by atoms with E-state index in [0.717, 1.165) is 49.3 Å². The quantitative estimate of drug-likeness (QED) is 0.410. The summed E-state index contributed by atoms with van der Waals surface area (Å²) in [5, 5.41) is 3.24. The number of carbonyl (C=O) groups is 1. The third-order valence-electron chi connectivity index (χ3n) is 7.97. The lowest BCUT2D eigenvalue weighted by Crippen LogP contribution is -2.41. The molecule has 3 aliphatic rings. The highest BCUT2D eigenvalue weighted by Crippen LogP contribution is 2.34. The van der Waals surface area contributed by atoms with Crippen LogP contribution in [0.15, 0.2) is 42.5 Å². The Hall–Kier alpha value is -2.72. The molecule has 2 aromatic rings. The zero-order chi connectivity index (χ0) is 27.6. The summed E-state index contributed by atoms with van der Waals surface area (Å²) in [6.45, 7) is 2.57. The molecule has 39 heavy (non-hydrogen) atoms. The summed E-state index contributed by atoms with van der Waals surface area (Å²) in [5.41, 5.74) is 2.45. The van der Waals surface area contributed by atoms with Crippen LogP contribution >= 0.6 is 0 Å². The number of nitrogens with zero attached hydrogens (tertiary/aromatic N) is 3. The standard InChI is InChI=1S/C29H35F5N4O/c30-28(31)11-13-36(20-28)14-15-38(18-23-4-1-2-6-25(23)29(32,33)34)27(39)16-35-26-7-3-5-22-10-12-37(19-24(22)26)17-21-8-9-21/h1-7,21,35H,8-20H2. The molecule has 0 radical (unpaired) electrons. The van der Waals surface area contributed by atoms with Crippen molar-refractivity contribution in [3.63, 3.8) is 0 Å². The van der Waals surface area contributed by atoms with Crippen molar-refractivity contribution < 1.29 is 26.7 Å². The maximum atomic E-state index is 13.7. The van der Waals surface area contributed by atoms with Gasteiger partial charge in [0.2, 0.25) is 5.91 Å². The number of halogens is 5. The Bertz CT molecular complexity index is 1170. The summed E-state index contributed by atoms with van der Waals surface area (Å²) in [4.78, 5) is 18.8. The molecule has 2 aromatic carbocycles. The zero-order valence-electron chi connectivity index (χ0n) is 22.0. The van der Waals surface area contributed by atoms with Gasteiger partial charge >= 0.3 is 6.18 Å². The molecular formula is C29H35F5N4O. The number of likely N-dealkylation sites (tertiary alicyclic amines) is 1. The smallest absolute Gasteiger partial charge is 0.376 e. The molecule has 2 aliphatic heterocycles. The molecule has 0 spiro atoms. The second-order valence-corrected chi connectivity index (χ2v) is 11.1. The second kappa shape index (κ2) is 11.4. The Morgan fingerprint density at radius 1 is 1.05 bits per heavy atom. The molecule has 0 atom stereocenters. The number of amides is 1. The Kier molecular flexibility index (Phi) is 8.14. The van der Waals surface area contributed by atoms with E-state index < -0.39 is 24.2 Å². The van der Waals surface area contributed by atoms with E-state index in [1.165, 1.54) is 41.5 Å². The van der Waals surface area contributed by atoms with Crippen LogP contribution in [0.3, 0.4) is 0 Å². The van der Waals surface area contributed by atoms with Crippen LogP contribution in [0.1, 0.15) is 41.5 Å². The normalized spacial score (nSPS) is 19.6. The third kappa shape index (κ3) is 7.28. The molecule has 10 heteroatoms.